The maximum atomic E-state index is 8.68. The fourth-order valence-electron chi connectivity index (χ4n) is 1.46. The summed E-state index contributed by atoms with van der Waals surface area (Å²) in [6.07, 6.45) is 2.29. The molecule has 0 unspecified atom stereocenters. The molecule has 0 amide bonds. The molecule has 1 heterocycles. The molecule has 0 radical (unpaired) electrons. The molecule has 0 aromatic carbocycles. The highest BCUT2D eigenvalue weighted by Crippen LogP contribution is 2.13. The summed E-state index contributed by atoms with van der Waals surface area (Å²) in [6.45, 7) is 6.99. The first-order valence-electron chi connectivity index (χ1n) is 5.73. The molecule has 0 fully saturated rings. The van der Waals surface area contributed by atoms with Crippen molar-refractivity contribution in [2.24, 2.45) is 0 Å². The van der Waals surface area contributed by atoms with Gasteiger partial charge in [-0.2, -0.15) is 0 Å². The van der Waals surface area contributed by atoms with Gasteiger partial charge in [0.25, 0.3) is 0 Å². The van der Waals surface area contributed by atoms with Crippen molar-refractivity contribution in [2.75, 3.05) is 36.5 Å². The van der Waals surface area contributed by atoms with Gasteiger partial charge in [-0.15, -0.1) is 0 Å². The van der Waals surface area contributed by atoms with Gasteiger partial charge in [0.2, 0.25) is 0 Å². The van der Waals surface area contributed by atoms with E-state index in [4.69, 9.17) is 5.11 Å². The zero-order valence-electron chi connectivity index (χ0n) is 9.98. The lowest BCUT2D eigenvalue weighted by atomic mass is 10.4. The van der Waals surface area contributed by atoms with E-state index in [0.29, 0.717) is 0 Å². The summed E-state index contributed by atoms with van der Waals surface area (Å²) in [7, 11) is 0. The fourth-order valence-corrected chi connectivity index (χ4v) is 1.46. The average Bonchev–Trinajstić information content (AvgIpc) is 2.32. The zero-order valence-corrected chi connectivity index (χ0v) is 9.98. The first kappa shape index (κ1) is 12.7. The molecule has 1 rings (SSSR count). The minimum Gasteiger partial charge on any atom is -0.396 e. The van der Waals surface area contributed by atoms with Crippen molar-refractivity contribution >= 4 is 11.6 Å². The van der Waals surface area contributed by atoms with Crippen LogP contribution >= 0.6 is 0 Å². The van der Waals surface area contributed by atoms with Gasteiger partial charge in [-0.3, -0.25) is 0 Å². The van der Waals surface area contributed by atoms with Gasteiger partial charge in [-0.1, -0.05) is 0 Å². The molecule has 0 bridgehead atoms. The van der Waals surface area contributed by atoms with Crippen LogP contribution in [0.2, 0.25) is 0 Å². The Bertz CT molecular complexity index is 302. The van der Waals surface area contributed by atoms with E-state index in [0.717, 1.165) is 37.7 Å². The van der Waals surface area contributed by atoms with Crippen molar-refractivity contribution in [3.63, 3.8) is 0 Å². The van der Waals surface area contributed by atoms with Gasteiger partial charge in [0, 0.05) is 32.3 Å². The molecular weight excluding hydrogens is 204 g/mol. The lowest BCUT2D eigenvalue weighted by molar-refractivity contribution is 0.292. The molecule has 0 aliphatic rings. The molecule has 90 valence electrons. The van der Waals surface area contributed by atoms with E-state index in [-0.39, 0.29) is 6.61 Å². The Kier molecular flexibility index (Phi) is 5.56. The lowest BCUT2D eigenvalue weighted by Crippen LogP contribution is -2.23. The van der Waals surface area contributed by atoms with Crippen LogP contribution in [0, 0.1) is 0 Å². The highest BCUT2D eigenvalue weighted by atomic mass is 16.3. The lowest BCUT2D eigenvalue weighted by Gasteiger charge is -2.19. The summed E-state index contributed by atoms with van der Waals surface area (Å²) < 4.78 is 0. The molecule has 0 saturated heterocycles. The van der Waals surface area contributed by atoms with E-state index >= 15 is 0 Å². The van der Waals surface area contributed by atoms with Crippen molar-refractivity contribution in [1.82, 2.24) is 9.97 Å². The monoisotopic (exact) mass is 224 g/mol. The van der Waals surface area contributed by atoms with Gasteiger partial charge < -0.3 is 15.3 Å². The topological polar surface area (TPSA) is 61.3 Å². The van der Waals surface area contributed by atoms with Crippen LogP contribution in [0.3, 0.4) is 0 Å². The van der Waals surface area contributed by atoms with E-state index in [1.807, 2.05) is 6.07 Å². The Morgan fingerprint density at radius 3 is 2.69 bits per heavy atom. The molecule has 0 aliphatic heterocycles. The van der Waals surface area contributed by atoms with Crippen LogP contribution in [0.5, 0.6) is 0 Å². The molecule has 1 aromatic heterocycles. The highest BCUT2D eigenvalue weighted by Gasteiger charge is 2.04. The van der Waals surface area contributed by atoms with E-state index in [2.05, 4.69) is 34.0 Å². The van der Waals surface area contributed by atoms with Crippen molar-refractivity contribution < 1.29 is 5.11 Å². The second kappa shape index (κ2) is 7.00. The number of aliphatic hydroxyl groups excluding tert-OH is 1. The van der Waals surface area contributed by atoms with Crippen LogP contribution in [0.15, 0.2) is 12.4 Å². The molecule has 5 nitrogen and oxygen atoms in total. The summed E-state index contributed by atoms with van der Waals surface area (Å²) >= 11 is 0. The number of rotatable bonds is 7. The third-order valence-corrected chi connectivity index (χ3v) is 2.38. The number of aromatic nitrogens is 2. The first-order valence-corrected chi connectivity index (χ1v) is 5.73. The summed E-state index contributed by atoms with van der Waals surface area (Å²) in [5, 5.41) is 11.8. The Morgan fingerprint density at radius 2 is 2.06 bits per heavy atom. The molecule has 5 heteroatoms. The minimum absolute atomic E-state index is 0.195. The summed E-state index contributed by atoms with van der Waals surface area (Å²) in [5.74, 6) is 1.75. The molecule has 1 aromatic rings. The highest BCUT2D eigenvalue weighted by molar-refractivity contribution is 5.48. The number of anilines is 2. The standard InChI is InChI=1S/C11H20N4O/c1-3-15(4-2)11-8-10(13-9-14-11)12-6-5-7-16/h8-9,16H,3-7H2,1-2H3,(H,12,13,14). The van der Waals surface area contributed by atoms with Crippen LogP contribution in [-0.2, 0) is 0 Å². The minimum atomic E-state index is 0.195. The molecule has 0 saturated carbocycles. The van der Waals surface area contributed by atoms with E-state index in [1.54, 1.807) is 6.33 Å². The summed E-state index contributed by atoms with van der Waals surface area (Å²) in [5.41, 5.74) is 0. The maximum absolute atomic E-state index is 8.68. The molecule has 0 atom stereocenters. The molecule has 0 aliphatic carbocycles. The van der Waals surface area contributed by atoms with Gasteiger partial charge in [0.15, 0.2) is 0 Å². The van der Waals surface area contributed by atoms with Crippen LogP contribution in [-0.4, -0.2) is 41.3 Å². The summed E-state index contributed by atoms with van der Waals surface area (Å²) in [6, 6.07) is 1.93. The summed E-state index contributed by atoms with van der Waals surface area (Å²) in [4.78, 5) is 10.5. The first-order chi connectivity index (χ1) is 7.81. The number of nitrogens with zero attached hydrogens (tertiary/aromatic N) is 3. The Hall–Kier alpha value is -1.36. The normalized spacial score (nSPS) is 10.2. The fraction of sp³-hybridized carbons (Fsp3) is 0.636. The Morgan fingerprint density at radius 1 is 1.31 bits per heavy atom. The Labute approximate surface area is 96.5 Å². The van der Waals surface area contributed by atoms with E-state index in [1.165, 1.54) is 0 Å². The molecular formula is C11H20N4O. The van der Waals surface area contributed by atoms with E-state index < -0.39 is 0 Å². The van der Waals surface area contributed by atoms with E-state index in [9.17, 15) is 0 Å². The molecule has 2 N–H and O–H groups in total. The van der Waals surface area contributed by atoms with Crippen LogP contribution in [0.1, 0.15) is 20.3 Å². The van der Waals surface area contributed by atoms with Gasteiger partial charge in [0.05, 0.1) is 0 Å². The van der Waals surface area contributed by atoms with Crippen molar-refractivity contribution in [3.8, 4) is 0 Å². The SMILES string of the molecule is CCN(CC)c1cc(NCCCO)ncn1. The van der Waals surface area contributed by atoms with Crippen LogP contribution in [0.25, 0.3) is 0 Å². The zero-order chi connectivity index (χ0) is 11.8. The van der Waals surface area contributed by atoms with Gasteiger partial charge >= 0.3 is 0 Å². The third-order valence-electron chi connectivity index (χ3n) is 2.38. The Balaban J connectivity index is 2.62. The van der Waals surface area contributed by atoms with Gasteiger partial charge in [-0.25, -0.2) is 9.97 Å². The average molecular weight is 224 g/mol. The van der Waals surface area contributed by atoms with Crippen molar-refractivity contribution in [2.45, 2.75) is 20.3 Å². The molecule has 16 heavy (non-hydrogen) atoms. The van der Waals surface area contributed by atoms with Crippen LogP contribution in [0.4, 0.5) is 11.6 Å². The maximum Gasteiger partial charge on any atom is 0.134 e. The molecule has 0 spiro atoms. The largest absolute Gasteiger partial charge is 0.396 e. The second-order valence-corrected chi connectivity index (χ2v) is 3.44. The number of hydrogen-bond donors (Lipinski definition) is 2. The predicted octanol–water partition coefficient (Wildman–Crippen LogP) is 1.12. The smallest absolute Gasteiger partial charge is 0.134 e. The van der Waals surface area contributed by atoms with Crippen LogP contribution < -0.4 is 10.2 Å². The number of aliphatic hydroxyl groups is 1. The van der Waals surface area contributed by atoms with Gasteiger partial charge in [-0.05, 0) is 20.3 Å². The van der Waals surface area contributed by atoms with Crippen molar-refractivity contribution in [1.29, 1.82) is 0 Å². The third kappa shape index (κ3) is 3.66. The van der Waals surface area contributed by atoms with Crippen molar-refractivity contribution in [3.05, 3.63) is 12.4 Å². The second-order valence-electron chi connectivity index (χ2n) is 3.44. The quantitative estimate of drug-likeness (QED) is 0.680. The number of nitrogens with one attached hydrogen (secondary N) is 1. The predicted molar refractivity (Wildman–Crippen MR) is 65.8 cm³/mol. The van der Waals surface area contributed by atoms with Gasteiger partial charge in [0.1, 0.15) is 18.0 Å². The number of hydrogen-bond acceptors (Lipinski definition) is 5.